The maximum absolute atomic E-state index is 12.5. The Labute approximate surface area is 179 Å². The average molecular weight is 430 g/mol. The maximum Gasteiger partial charge on any atom is 0.255 e. The average Bonchev–Trinajstić information content (AvgIpc) is 3.16. The van der Waals surface area contributed by atoms with Crippen LogP contribution >= 0.6 is 11.6 Å². The van der Waals surface area contributed by atoms with Crippen molar-refractivity contribution in [1.82, 2.24) is 10.2 Å². The summed E-state index contributed by atoms with van der Waals surface area (Å²) in [7, 11) is 0. The van der Waals surface area contributed by atoms with E-state index in [1.54, 1.807) is 0 Å². The molecule has 0 bridgehead atoms. The summed E-state index contributed by atoms with van der Waals surface area (Å²) < 4.78 is 0. The molecular formula is C22H24ClN3O4. The van der Waals surface area contributed by atoms with Crippen LogP contribution in [-0.2, 0) is 22.7 Å². The number of aliphatic hydroxyl groups excluding tert-OH is 2. The van der Waals surface area contributed by atoms with Gasteiger partial charge < -0.3 is 25.3 Å². The first-order valence-electron chi connectivity index (χ1n) is 9.92. The van der Waals surface area contributed by atoms with Crippen LogP contribution in [0.25, 0.3) is 0 Å². The first kappa shape index (κ1) is 20.7. The fraction of sp³-hybridized carbons (Fsp3) is 0.364. The number of fused-ring (bicyclic) bond motifs is 1. The Morgan fingerprint density at radius 3 is 2.20 bits per heavy atom. The zero-order valence-electron chi connectivity index (χ0n) is 16.4. The summed E-state index contributed by atoms with van der Waals surface area (Å²) in [5.41, 5.74) is 3.08. The van der Waals surface area contributed by atoms with Crippen LogP contribution in [0.1, 0.15) is 11.1 Å². The van der Waals surface area contributed by atoms with Gasteiger partial charge in [0, 0.05) is 49.4 Å². The first-order chi connectivity index (χ1) is 14.4. The molecule has 1 saturated heterocycles. The van der Waals surface area contributed by atoms with E-state index < -0.39 is 24.0 Å². The number of hydrogen-bond acceptors (Lipinski definition) is 5. The van der Waals surface area contributed by atoms with Crippen LogP contribution in [0, 0.1) is 5.92 Å². The Hall–Kier alpha value is -2.61. The second-order valence-electron chi connectivity index (χ2n) is 7.85. The van der Waals surface area contributed by atoms with E-state index >= 15 is 0 Å². The molecule has 2 amide bonds. The van der Waals surface area contributed by atoms with E-state index in [1.807, 2.05) is 48.5 Å². The number of benzene rings is 2. The molecule has 0 radical (unpaired) electrons. The van der Waals surface area contributed by atoms with Crippen molar-refractivity contribution >= 4 is 29.1 Å². The van der Waals surface area contributed by atoms with E-state index in [4.69, 9.17) is 11.6 Å². The van der Waals surface area contributed by atoms with Crippen molar-refractivity contribution in [2.24, 2.45) is 5.92 Å². The molecule has 0 saturated carbocycles. The Morgan fingerprint density at radius 2 is 1.60 bits per heavy atom. The van der Waals surface area contributed by atoms with Crippen LogP contribution in [-0.4, -0.2) is 58.8 Å². The van der Waals surface area contributed by atoms with Gasteiger partial charge in [-0.25, -0.2) is 0 Å². The lowest BCUT2D eigenvalue weighted by atomic mass is 9.99. The largest absolute Gasteiger partial charge is 0.380 e. The molecule has 2 aromatic rings. The van der Waals surface area contributed by atoms with Crippen molar-refractivity contribution in [3.63, 3.8) is 0 Å². The normalized spacial score (nSPS) is 17.8. The van der Waals surface area contributed by atoms with Crippen LogP contribution in [0.15, 0.2) is 48.5 Å². The molecule has 2 aromatic carbocycles. The molecule has 8 heteroatoms. The highest BCUT2D eigenvalue weighted by molar-refractivity contribution is 6.30. The lowest BCUT2D eigenvalue weighted by Crippen LogP contribution is -2.54. The summed E-state index contributed by atoms with van der Waals surface area (Å²) in [5.74, 6) is -1.15. The van der Waals surface area contributed by atoms with Gasteiger partial charge in [0.1, 0.15) is 0 Å². The third-order valence-corrected chi connectivity index (χ3v) is 5.94. The predicted molar refractivity (Wildman–Crippen MR) is 113 cm³/mol. The number of anilines is 1. The summed E-state index contributed by atoms with van der Waals surface area (Å²) in [5, 5.41) is 23.7. The lowest BCUT2D eigenvalue weighted by molar-refractivity contribution is -0.153. The lowest BCUT2D eigenvalue weighted by Gasteiger charge is -2.41. The maximum atomic E-state index is 12.5. The molecule has 0 spiro atoms. The fourth-order valence-electron chi connectivity index (χ4n) is 3.87. The molecular weight excluding hydrogens is 406 g/mol. The number of carbonyl (C=O) groups excluding carboxylic acids is 2. The van der Waals surface area contributed by atoms with Crippen molar-refractivity contribution in [3.05, 3.63) is 64.7 Å². The molecule has 30 heavy (non-hydrogen) atoms. The summed E-state index contributed by atoms with van der Waals surface area (Å²) in [4.78, 5) is 28.4. The van der Waals surface area contributed by atoms with E-state index in [0.717, 1.165) is 29.9 Å². The Kier molecular flexibility index (Phi) is 5.94. The van der Waals surface area contributed by atoms with Gasteiger partial charge in [-0.1, -0.05) is 35.9 Å². The first-order valence-corrected chi connectivity index (χ1v) is 10.3. The third kappa shape index (κ3) is 4.28. The standard InChI is InChI=1S/C22H24ClN3O4/c23-17-5-7-18(8-6-17)25-10-14(11-25)9-24-21(29)19(27)20(28)22(30)26-12-15-3-1-2-4-16(15)13-26/h1-8,14,19-20,27-28H,9-13H2,(H,24,29)/t19-,20-/m1/s1. The number of nitrogens with one attached hydrogen (secondary N) is 1. The van der Waals surface area contributed by atoms with Crippen molar-refractivity contribution in [1.29, 1.82) is 0 Å². The Morgan fingerprint density at radius 1 is 1.00 bits per heavy atom. The second kappa shape index (κ2) is 8.63. The van der Waals surface area contributed by atoms with Gasteiger partial charge in [0.25, 0.3) is 11.8 Å². The van der Waals surface area contributed by atoms with Crippen LogP contribution in [0.2, 0.25) is 5.02 Å². The highest BCUT2D eigenvalue weighted by Gasteiger charge is 2.36. The predicted octanol–water partition coefficient (Wildman–Crippen LogP) is 1.16. The number of amides is 2. The van der Waals surface area contributed by atoms with Crippen molar-refractivity contribution < 1.29 is 19.8 Å². The van der Waals surface area contributed by atoms with Crippen molar-refractivity contribution in [2.75, 3.05) is 24.5 Å². The molecule has 158 valence electrons. The van der Waals surface area contributed by atoms with E-state index in [0.29, 0.717) is 24.7 Å². The Bertz CT molecular complexity index is 905. The molecule has 3 N–H and O–H groups in total. The van der Waals surface area contributed by atoms with Gasteiger partial charge in [-0.3, -0.25) is 9.59 Å². The van der Waals surface area contributed by atoms with Crippen LogP contribution < -0.4 is 10.2 Å². The molecule has 7 nitrogen and oxygen atoms in total. The number of nitrogens with zero attached hydrogens (tertiary/aromatic N) is 2. The highest BCUT2D eigenvalue weighted by Crippen LogP contribution is 2.26. The van der Waals surface area contributed by atoms with Crippen molar-refractivity contribution in [3.8, 4) is 0 Å². The summed E-state index contributed by atoms with van der Waals surface area (Å²) >= 11 is 5.90. The number of halogens is 1. The van der Waals surface area contributed by atoms with E-state index in [-0.39, 0.29) is 5.92 Å². The van der Waals surface area contributed by atoms with E-state index in [9.17, 15) is 19.8 Å². The minimum Gasteiger partial charge on any atom is -0.380 e. The van der Waals surface area contributed by atoms with E-state index in [2.05, 4.69) is 10.2 Å². The minimum atomic E-state index is -1.80. The van der Waals surface area contributed by atoms with Crippen LogP contribution in [0.3, 0.4) is 0 Å². The monoisotopic (exact) mass is 429 g/mol. The number of aliphatic hydroxyl groups is 2. The third-order valence-electron chi connectivity index (χ3n) is 5.69. The van der Waals surface area contributed by atoms with Crippen LogP contribution in [0.5, 0.6) is 0 Å². The summed E-state index contributed by atoms with van der Waals surface area (Å²) in [6.07, 6.45) is -3.58. The van der Waals surface area contributed by atoms with Crippen LogP contribution in [0.4, 0.5) is 5.69 Å². The fourth-order valence-corrected chi connectivity index (χ4v) is 3.99. The van der Waals surface area contributed by atoms with Gasteiger partial charge in [-0.15, -0.1) is 0 Å². The zero-order valence-corrected chi connectivity index (χ0v) is 17.1. The van der Waals surface area contributed by atoms with E-state index in [1.165, 1.54) is 4.90 Å². The molecule has 2 aliphatic heterocycles. The minimum absolute atomic E-state index is 0.234. The molecule has 0 aliphatic carbocycles. The number of carbonyl (C=O) groups is 2. The van der Waals surface area contributed by atoms with Gasteiger partial charge in [0.2, 0.25) is 0 Å². The molecule has 2 atom stereocenters. The topological polar surface area (TPSA) is 93.1 Å². The van der Waals surface area contributed by atoms with Gasteiger partial charge in [0.15, 0.2) is 12.2 Å². The molecule has 0 aromatic heterocycles. The number of rotatable bonds is 6. The molecule has 1 fully saturated rings. The molecule has 0 unspecified atom stereocenters. The quantitative estimate of drug-likeness (QED) is 0.640. The highest BCUT2D eigenvalue weighted by atomic mass is 35.5. The Balaban J connectivity index is 1.22. The second-order valence-corrected chi connectivity index (χ2v) is 8.28. The van der Waals surface area contributed by atoms with Gasteiger partial charge in [-0.2, -0.15) is 0 Å². The van der Waals surface area contributed by atoms with Gasteiger partial charge in [0.05, 0.1) is 0 Å². The molecule has 2 heterocycles. The van der Waals surface area contributed by atoms with Crippen molar-refractivity contribution in [2.45, 2.75) is 25.3 Å². The zero-order chi connectivity index (χ0) is 21.3. The smallest absolute Gasteiger partial charge is 0.255 e. The number of hydrogen-bond donors (Lipinski definition) is 3. The van der Waals surface area contributed by atoms with Gasteiger partial charge in [-0.05, 0) is 35.4 Å². The summed E-state index contributed by atoms with van der Waals surface area (Å²) in [6, 6.07) is 15.2. The molecule has 4 rings (SSSR count). The van der Waals surface area contributed by atoms with Gasteiger partial charge >= 0.3 is 0 Å². The summed E-state index contributed by atoms with van der Waals surface area (Å²) in [6.45, 7) is 2.64. The molecule has 2 aliphatic rings. The SMILES string of the molecule is O=C(NCC1CN(c2ccc(Cl)cc2)C1)[C@H](O)[C@@H](O)C(=O)N1Cc2ccccc2C1.